The van der Waals surface area contributed by atoms with Gasteiger partial charge in [-0.15, -0.1) is 11.3 Å². The zero-order valence-corrected chi connectivity index (χ0v) is 13.9. The number of nitrogens with zero attached hydrogens (tertiary/aromatic N) is 4. The van der Waals surface area contributed by atoms with Crippen LogP contribution in [0.4, 0.5) is 0 Å². The van der Waals surface area contributed by atoms with Gasteiger partial charge in [-0.3, -0.25) is 4.98 Å². The summed E-state index contributed by atoms with van der Waals surface area (Å²) in [5.74, 6) is 0. The molecule has 0 N–H and O–H groups in total. The van der Waals surface area contributed by atoms with Crippen LogP contribution in [0, 0.1) is 11.3 Å². The third-order valence-corrected chi connectivity index (χ3v) is 4.56. The Balaban J connectivity index is 1.71. The van der Waals surface area contributed by atoms with Gasteiger partial charge in [-0.2, -0.15) is 5.26 Å². The summed E-state index contributed by atoms with van der Waals surface area (Å²) >= 11 is 1.45. The first-order chi connectivity index (χ1) is 12.3. The maximum atomic E-state index is 9.53. The number of hydrogen-bond acceptors (Lipinski definition) is 5. The monoisotopic (exact) mass is 340 g/mol. The van der Waals surface area contributed by atoms with E-state index in [1.165, 1.54) is 11.3 Å². The molecule has 25 heavy (non-hydrogen) atoms. The topological polar surface area (TPSA) is 62.5 Å². The summed E-state index contributed by atoms with van der Waals surface area (Å²) in [6.07, 6.45) is 3.40. The van der Waals surface area contributed by atoms with Crippen LogP contribution in [-0.4, -0.2) is 15.0 Å². The smallest absolute Gasteiger partial charge is 0.134 e. The Labute approximate surface area is 148 Å². The highest BCUT2D eigenvalue weighted by molar-refractivity contribution is 7.11. The molecule has 0 atom stereocenters. The van der Waals surface area contributed by atoms with E-state index in [0.717, 1.165) is 22.3 Å². The number of para-hydroxylation sites is 2. The van der Waals surface area contributed by atoms with E-state index < -0.39 is 0 Å². The van der Waals surface area contributed by atoms with Crippen molar-refractivity contribution in [2.45, 2.75) is 0 Å². The third kappa shape index (κ3) is 3.16. The molecule has 0 fully saturated rings. The highest BCUT2D eigenvalue weighted by Gasteiger charge is 2.09. The fourth-order valence-corrected chi connectivity index (χ4v) is 3.26. The van der Waals surface area contributed by atoms with Crippen LogP contribution < -0.4 is 0 Å². The van der Waals surface area contributed by atoms with Gasteiger partial charge >= 0.3 is 0 Å². The van der Waals surface area contributed by atoms with Gasteiger partial charge in [-0.05, 0) is 18.2 Å². The van der Waals surface area contributed by atoms with Crippen LogP contribution in [0.5, 0.6) is 0 Å². The Morgan fingerprint density at radius 3 is 2.52 bits per heavy atom. The van der Waals surface area contributed by atoms with Crippen LogP contribution in [0.3, 0.4) is 0 Å². The predicted molar refractivity (Wildman–Crippen MR) is 101 cm³/mol. The van der Waals surface area contributed by atoms with Crippen LogP contribution in [0.1, 0.15) is 10.7 Å². The summed E-state index contributed by atoms with van der Waals surface area (Å²) in [4.78, 5) is 13.5. The third-order valence-electron chi connectivity index (χ3n) is 3.68. The first-order valence-electron chi connectivity index (χ1n) is 7.68. The van der Waals surface area contributed by atoms with E-state index in [1.54, 1.807) is 12.3 Å². The average molecular weight is 340 g/mol. The van der Waals surface area contributed by atoms with Gasteiger partial charge < -0.3 is 0 Å². The number of aromatic nitrogens is 3. The molecule has 5 heteroatoms. The number of fused-ring (bicyclic) bond motifs is 1. The first kappa shape index (κ1) is 15.2. The first-order valence-corrected chi connectivity index (χ1v) is 8.56. The van der Waals surface area contributed by atoms with Crippen molar-refractivity contribution in [3.8, 4) is 17.3 Å². The summed E-state index contributed by atoms with van der Waals surface area (Å²) in [5, 5.41) is 12.2. The molecule has 0 radical (unpaired) electrons. The van der Waals surface area contributed by atoms with Crippen molar-refractivity contribution in [2.24, 2.45) is 0 Å². The summed E-state index contributed by atoms with van der Waals surface area (Å²) in [6, 6.07) is 19.8. The van der Waals surface area contributed by atoms with Crippen molar-refractivity contribution in [2.75, 3.05) is 0 Å². The summed E-state index contributed by atoms with van der Waals surface area (Å²) in [7, 11) is 0. The lowest BCUT2D eigenvalue weighted by Gasteiger charge is -1.99. The van der Waals surface area contributed by atoms with Crippen molar-refractivity contribution in [3.63, 3.8) is 0 Å². The Hall–Kier alpha value is -3.36. The normalized spacial score (nSPS) is 11.4. The molecule has 4 aromatic rings. The molecule has 0 spiro atoms. The van der Waals surface area contributed by atoms with Gasteiger partial charge in [-0.1, -0.05) is 42.5 Å². The van der Waals surface area contributed by atoms with E-state index >= 15 is 0 Å². The van der Waals surface area contributed by atoms with Gasteiger partial charge in [0.15, 0.2) is 0 Å². The molecule has 2 aromatic heterocycles. The number of benzene rings is 2. The van der Waals surface area contributed by atoms with Crippen molar-refractivity contribution in [3.05, 3.63) is 76.9 Å². The second-order valence-electron chi connectivity index (χ2n) is 5.36. The zero-order valence-electron chi connectivity index (χ0n) is 13.1. The molecular formula is C20H12N4S. The highest BCUT2D eigenvalue weighted by atomic mass is 32.1. The van der Waals surface area contributed by atoms with Gasteiger partial charge in [-0.25, -0.2) is 9.97 Å². The molecular weight excluding hydrogens is 328 g/mol. The summed E-state index contributed by atoms with van der Waals surface area (Å²) in [6.45, 7) is 0. The van der Waals surface area contributed by atoms with Crippen molar-refractivity contribution in [1.82, 2.24) is 15.0 Å². The van der Waals surface area contributed by atoms with E-state index in [9.17, 15) is 5.26 Å². The highest BCUT2D eigenvalue weighted by Crippen LogP contribution is 2.26. The number of allylic oxidation sites excluding steroid dienone is 1. The average Bonchev–Trinajstić information content (AvgIpc) is 3.17. The Morgan fingerprint density at radius 2 is 1.72 bits per heavy atom. The van der Waals surface area contributed by atoms with Gasteiger partial charge in [0.05, 0.1) is 34.2 Å². The molecule has 0 unspecified atom stereocenters. The van der Waals surface area contributed by atoms with Crippen LogP contribution >= 0.6 is 11.3 Å². The van der Waals surface area contributed by atoms with E-state index in [4.69, 9.17) is 0 Å². The van der Waals surface area contributed by atoms with Gasteiger partial charge in [0.2, 0.25) is 0 Å². The Kier molecular flexibility index (Phi) is 4.03. The lowest BCUT2D eigenvalue weighted by molar-refractivity contribution is 1.26. The number of rotatable bonds is 3. The number of hydrogen-bond donors (Lipinski definition) is 0. The summed E-state index contributed by atoms with van der Waals surface area (Å²) in [5.41, 5.74) is 4.67. The minimum absolute atomic E-state index is 0.483. The van der Waals surface area contributed by atoms with Crippen molar-refractivity contribution < 1.29 is 0 Å². The largest absolute Gasteiger partial charge is 0.252 e. The molecule has 2 aromatic carbocycles. The van der Waals surface area contributed by atoms with Gasteiger partial charge in [0.25, 0.3) is 0 Å². The molecule has 0 aliphatic carbocycles. The Bertz CT molecular complexity index is 1110. The fourth-order valence-electron chi connectivity index (χ4n) is 2.47. The van der Waals surface area contributed by atoms with E-state index in [-0.39, 0.29) is 0 Å². The molecule has 4 rings (SSSR count). The lowest BCUT2D eigenvalue weighted by Crippen LogP contribution is -1.88. The molecule has 0 aliphatic rings. The maximum absolute atomic E-state index is 9.53. The van der Waals surface area contributed by atoms with Crippen molar-refractivity contribution in [1.29, 1.82) is 5.26 Å². The fraction of sp³-hybridized carbons (Fsp3) is 0. The van der Waals surface area contributed by atoms with E-state index in [1.807, 2.05) is 60.0 Å². The molecule has 0 bridgehead atoms. The minimum Gasteiger partial charge on any atom is -0.252 e. The number of nitriles is 1. The van der Waals surface area contributed by atoms with Crippen LogP contribution in [0.15, 0.2) is 66.2 Å². The van der Waals surface area contributed by atoms with Crippen LogP contribution in [0.25, 0.3) is 33.9 Å². The van der Waals surface area contributed by atoms with Crippen molar-refractivity contribution >= 4 is 34.0 Å². The molecule has 0 saturated carbocycles. The van der Waals surface area contributed by atoms with E-state index in [2.05, 4.69) is 21.0 Å². The minimum atomic E-state index is 0.483. The van der Waals surface area contributed by atoms with Crippen LogP contribution in [-0.2, 0) is 0 Å². The van der Waals surface area contributed by atoms with Gasteiger partial charge in [0, 0.05) is 10.9 Å². The predicted octanol–water partition coefficient (Wildman–Crippen LogP) is 4.82. The standard InChI is InChI=1S/C20H12N4S/c21-11-15(10-16-12-22-17-8-4-5-9-18(17)23-16)20-24-19(13-25-20)14-6-2-1-3-7-14/h1-10,12-13H/b15-10+. The molecule has 118 valence electrons. The molecule has 0 aliphatic heterocycles. The molecule has 2 heterocycles. The second kappa shape index (κ2) is 6.63. The quantitative estimate of drug-likeness (QED) is 0.502. The van der Waals surface area contributed by atoms with E-state index in [0.29, 0.717) is 16.3 Å². The lowest BCUT2D eigenvalue weighted by atomic mass is 10.2. The maximum Gasteiger partial charge on any atom is 0.134 e. The SMILES string of the molecule is N#C/C(=C\c1cnc2ccccc2n1)c1nc(-c2ccccc2)cs1. The zero-order chi connectivity index (χ0) is 17.1. The molecule has 0 saturated heterocycles. The number of thiazole rings is 1. The molecule has 0 amide bonds. The second-order valence-corrected chi connectivity index (χ2v) is 6.22. The van der Waals surface area contributed by atoms with Gasteiger partial charge in [0.1, 0.15) is 11.1 Å². The van der Waals surface area contributed by atoms with Crippen LogP contribution in [0.2, 0.25) is 0 Å². The summed E-state index contributed by atoms with van der Waals surface area (Å²) < 4.78 is 0. The Morgan fingerprint density at radius 1 is 0.960 bits per heavy atom. The molecule has 4 nitrogen and oxygen atoms in total.